The Labute approximate surface area is 69.0 Å². The summed E-state index contributed by atoms with van der Waals surface area (Å²) in [5.74, 6) is 0. The van der Waals surface area contributed by atoms with E-state index in [1.807, 2.05) is 13.8 Å². The summed E-state index contributed by atoms with van der Waals surface area (Å²) in [5.41, 5.74) is 0.595. The predicted octanol–water partition coefficient (Wildman–Crippen LogP) is 0.121. The minimum absolute atomic E-state index is 0.0127. The molecule has 2 fully saturated rings. The second kappa shape index (κ2) is 3.55. The van der Waals surface area contributed by atoms with Gasteiger partial charge in [-0.3, -0.25) is 0 Å². The van der Waals surface area contributed by atoms with Crippen molar-refractivity contribution in [2.45, 2.75) is 39.2 Å². The maximum atomic E-state index is 9.25. The molecule has 2 rings (SSSR count). The van der Waals surface area contributed by atoms with Crippen molar-refractivity contribution in [3.8, 4) is 0 Å². The third kappa shape index (κ3) is 2.17. The summed E-state index contributed by atoms with van der Waals surface area (Å²) in [5, 5.41) is 11.5. The third-order valence-corrected chi connectivity index (χ3v) is 2.64. The van der Waals surface area contributed by atoms with Crippen molar-refractivity contribution < 1.29 is 10.4 Å². The van der Waals surface area contributed by atoms with Crippen LogP contribution in [-0.4, -0.2) is 24.3 Å². The first-order chi connectivity index (χ1) is 5.31. The molecule has 1 aliphatic carbocycles. The highest BCUT2D eigenvalue weighted by molar-refractivity contribution is 4.95. The van der Waals surface area contributed by atoms with Crippen LogP contribution in [0.3, 0.4) is 0 Å². The van der Waals surface area contributed by atoms with E-state index in [1.54, 1.807) is 0 Å². The maximum absolute atomic E-state index is 9.25. The second-order valence-electron chi connectivity index (χ2n) is 3.59. The smallest absolute Gasteiger partial charge is 0.103 e. The number of hydrogen-bond acceptors (Lipinski definition) is 1. The van der Waals surface area contributed by atoms with Crippen molar-refractivity contribution in [1.82, 2.24) is 0 Å². The van der Waals surface area contributed by atoms with Gasteiger partial charge in [0.2, 0.25) is 0 Å². The van der Waals surface area contributed by atoms with Gasteiger partial charge in [-0.05, 0) is 19.3 Å². The minimum atomic E-state index is -0.0127. The van der Waals surface area contributed by atoms with Gasteiger partial charge >= 0.3 is 0 Å². The highest BCUT2D eigenvalue weighted by Gasteiger charge is 2.48. The first kappa shape index (κ1) is 9.01. The van der Waals surface area contributed by atoms with Crippen molar-refractivity contribution in [3.63, 3.8) is 0 Å². The lowest BCUT2D eigenvalue weighted by Crippen LogP contribution is -2.90. The Morgan fingerprint density at radius 1 is 1.36 bits per heavy atom. The van der Waals surface area contributed by atoms with E-state index in [1.165, 1.54) is 19.4 Å². The van der Waals surface area contributed by atoms with E-state index in [0.717, 1.165) is 13.0 Å². The molecular weight excluding hydrogens is 138 g/mol. The van der Waals surface area contributed by atoms with E-state index in [4.69, 9.17) is 0 Å². The normalized spacial score (nSPS) is 32.5. The lowest BCUT2D eigenvalue weighted by molar-refractivity contribution is -0.678. The average Bonchev–Trinajstić information content (AvgIpc) is 2.73. The van der Waals surface area contributed by atoms with E-state index in [-0.39, 0.29) is 6.10 Å². The largest absolute Gasteiger partial charge is 0.387 e. The van der Waals surface area contributed by atoms with E-state index in [2.05, 4.69) is 5.32 Å². The zero-order valence-electron chi connectivity index (χ0n) is 7.64. The molecule has 3 N–H and O–H groups in total. The van der Waals surface area contributed by atoms with Crippen LogP contribution in [0.5, 0.6) is 0 Å². The lowest BCUT2D eigenvalue weighted by atomic mass is 9.95. The van der Waals surface area contributed by atoms with Gasteiger partial charge in [0, 0.05) is 5.41 Å². The Kier molecular flexibility index (Phi) is 2.90. The Balaban J connectivity index is 0.000000281. The van der Waals surface area contributed by atoms with Gasteiger partial charge in [-0.25, -0.2) is 0 Å². The topological polar surface area (TPSA) is 36.8 Å². The molecule has 1 spiro atoms. The number of hydrogen-bond donors (Lipinski definition) is 2. The standard InChI is InChI=1S/C7H13NO.C2H6/c9-6-3-7(1-2-7)5-8-4-6;1-2/h6,8-9H,1-5H2;1-2H3/p+1. The van der Waals surface area contributed by atoms with E-state index in [9.17, 15) is 5.11 Å². The fourth-order valence-corrected chi connectivity index (χ4v) is 1.83. The minimum Gasteiger partial charge on any atom is -0.387 e. The van der Waals surface area contributed by atoms with E-state index < -0.39 is 0 Å². The van der Waals surface area contributed by atoms with E-state index >= 15 is 0 Å². The molecule has 0 radical (unpaired) electrons. The van der Waals surface area contributed by atoms with Crippen LogP contribution in [0.15, 0.2) is 0 Å². The average molecular weight is 158 g/mol. The quantitative estimate of drug-likeness (QED) is 0.516. The van der Waals surface area contributed by atoms with Gasteiger partial charge in [0.25, 0.3) is 0 Å². The molecule has 0 aromatic carbocycles. The lowest BCUT2D eigenvalue weighted by Gasteiger charge is -2.23. The van der Waals surface area contributed by atoms with Gasteiger partial charge in [0.1, 0.15) is 12.6 Å². The van der Waals surface area contributed by atoms with Crippen LogP contribution in [0.25, 0.3) is 0 Å². The molecule has 0 amide bonds. The molecular formula is C9H20NO+. The fourth-order valence-electron chi connectivity index (χ4n) is 1.83. The molecule has 1 atom stereocenters. The van der Waals surface area contributed by atoms with Gasteiger partial charge in [0.15, 0.2) is 0 Å². The Morgan fingerprint density at radius 3 is 2.36 bits per heavy atom. The zero-order chi connectivity index (χ0) is 8.32. The number of quaternary nitrogens is 1. The van der Waals surface area contributed by atoms with Crippen LogP contribution in [0.2, 0.25) is 0 Å². The van der Waals surface area contributed by atoms with Crippen molar-refractivity contribution >= 4 is 0 Å². The number of aliphatic hydroxyl groups excluding tert-OH is 1. The highest BCUT2D eigenvalue weighted by atomic mass is 16.3. The molecule has 1 saturated carbocycles. The molecule has 1 saturated heterocycles. The SMILES string of the molecule is CC.OC1C[NH2+]CC2(CC2)C1. The van der Waals surface area contributed by atoms with Crippen molar-refractivity contribution in [2.24, 2.45) is 5.41 Å². The molecule has 0 aromatic heterocycles. The Bertz CT molecular complexity index is 121. The molecule has 2 nitrogen and oxygen atoms in total. The van der Waals surface area contributed by atoms with Gasteiger partial charge in [0.05, 0.1) is 6.54 Å². The van der Waals surface area contributed by atoms with Crippen LogP contribution in [-0.2, 0) is 0 Å². The van der Waals surface area contributed by atoms with Crippen LogP contribution in [0, 0.1) is 5.41 Å². The Hall–Kier alpha value is -0.0800. The van der Waals surface area contributed by atoms with Gasteiger partial charge < -0.3 is 10.4 Å². The highest BCUT2D eigenvalue weighted by Crippen LogP contribution is 2.48. The monoisotopic (exact) mass is 158 g/mol. The molecule has 1 heterocycles. The first-order valence-electron chi connectivity index (χ1n) is 4.81. The van der Waals surface area contributed by atoms with Gasteiger partial charge in [-0.15, -0.1) is 0 Å². The summed E-state index contributed by atoms with van der Waals surface area (Å²) in [6.07, 6.45) is 3.78. The van der Waals surface area contributed by atoms with Crippen molar-refractivity contribution in [1.29, 1.82) is 0 Å². The van der Waals surface area contributed by atoms with E-state index in [0.29, 0.717) is 5.41 Å². The third-order valence-electron chi connectivity index (χ3n) is 2.64. The summed E-state index contributed by atoms with van der Waals surface area (Å²) < 4.78 is 0. The maximum Gasteiger partial charge on any atom is 0.103 e. The summed E-state index contributed by atoms with van der Waals surface area (Å²) in [7, 11) is 0. The summed E-state index contributed by atoms with van der Waals surface area (Å²) in [6.45, 7) is 6.20. The number of nitrogens with two attached hydrogens (primary N) is 1. The van der Waals surface area contributed by atoms with Gasteiger partial charge in [-0.2, -0.15) is 0 Å². The summed E-state index contributed by atoms with van der Waals surface area (Å²) >= 11 is 0. The molecule has 2 heteroatoms. The van der Waals surface area contributed by atoms with Gasteiger partial charge in [-0.1, -0.05) is 13.8 Å². The second-order valence-corrected chi connectivity index (χ2v) is 3.59. The number of aliphatic hydroxyl groups is 1. The molecule has 66 valence electrons. The molecule has 2 aliphatic rings. The number of piperidine rings is 1. The molecule has 1 aliphatic heterocycles. The first-order valence-corrected chi connectivity index (χ1v) is 4.81. The Morgan fingerprint density at radius 2 is 2.00 bits per heavy atom. The molecule has 1 unspecified atom stereocenters. The number of rotatable bonds is 0. The van der Waals surface area contributed by atoms with Crippen molar-refractivity contribution in [2.75, 3.05) is 13.1 Å². The molecule has 0 aromatic rings. The van der Waals surface area contributed by atoms with Crippen LogP contribution in [0.4, 0.5) is 0 Å². The summed E-state index contributed by atoms with van der Waals surface area (Å²) in [4.78, 5) is 0. The molecule has 11 heavy (non-hydrogen) atoms. The van der Waals surface area contributed by atoms with Crippen LogP contribution >= 0.6 is 0 Å². The predicted molar refractivity (Wildman–Crippen MR) is 45.3 cm³/mol. The molecule has 0 bridgehead atoms. The van der Waals surface area contributed by atoms with Crippen LogP contribution in [0.1, 0.15) is 33.1 Å². The fraction of sp³-hybridized carbons (Fsp3) is 1.00. The summed E-state index contributed by atoms with van der Waals surface area (Å²) in [6, 6.07) is 0. The zero-order valence-corrected chi connectivity index (χ0v) is 7.64. The van der Waals surface area contributed by atoms with Crippen LogP contribution < -0.4 is 5.32 Å². The van der Waals surface area contributed by atoms with Crippen molar-refractivity contribution in [3.05, 3.63) is 0 Å².